The Morgan fingerprint density at radius 1 is 1.20 bits per heavy atom. The van der Waals surface area contributed by atoms with E-state index in [1.165, 1.54) is 0 Å². The van der Waals surface area contributed by atoms with Gasteiger partial charge in [-0.25, -0.2) is 0 Å². The van der Waals surface area contributed by atoms with E-state index in [1.807, 2.05) is 37.3 Å². The molecule has 4 heteroatoms. The molecule has 108 valence electrons. The number of nitrogens with one attached hydrogen (secondary N) is 1. The second kappa shape index (κ2) is 7.48. The predicted molar refractivity (Wildman–Crippen MR) is 80.8 cm³/mol. The molecule has 0 spiro atoms. The molecule has 0 saturated carbocycles. The van der Waals surface area contributed by atoms with Crippen molar-refractivity contribution >= 4 is 11.6 Å². The number of halogens is 1. The summed E-state index contributed by atoms with van der Waals surface area (Å²) in [5.41, 5.74) is 2.09. The molecular formula is C16H20ClNO2. The molecule has 0 amide bonds. The Morgan fingerprint density at radius 2 is 1.95 bits per heavy atom. The van der Waals surface area contributed by atoms with Crippen molar-refractivity contribution in [2.24, 2.45) is 0 Å². The van der Waals surface area contributed by atoms with Crippen molar-refractivity contribution in [3.8, 4) is 0 Å². The first-order chi connectivity index (χ1) is 9.70. The maximum absolute atomic E-state index is 6.09. The van der Waals surface area contributed by atoms with Crippen molar-refractivity contribution in [3.63, 3.8) is 0 Å². The van der Waals surface area contributed by atoms with Crippen LogP contribution in [0.2, 0.25) is 5.02 Å². The minimum Gasteiger partial charge on any atom is -0.465 e. The highest BCUT2D eigenvalue weighted by Crippen LogP contribution is 2.19. The minimum atomic E-state index is 0.507. The van der Waals surface area contributed by atoms with E-state index < -0.39 is 0 Å². The molecule has 3 nitrogen and oxygen atoms in total. The third-order valence-electron chi connectivity index (χ3n) is 3.09. The number of ether oxygens (including phenoxy) is 1. The number of rotatable bonds is 7. The van der Waals surface area contributed by atoms with E-state index in [1.54, 1.807) is 0 Å². The monoisotopic (exact) mass is 293 g/mol. The first kappa shape index (κ1) is 15.1. The summed E-state index contributed by atoms with van der Waals surface area (Å²) in [6.07, 6.45) is 0. The molecule has 0 unspecified atom stereocenters. The molecule has 1 heterocycles. The van der Waals surface area contributed by atoms with Crippen LogP contribution in [0.15, 0.2) is 34.7 Å². The summed E-state index contributed by atoms with van der Waals surface area (Å²) in [5.74, 6) is 1.86. The number of aryl methyl sites for hydroxylation is 1. The largest absolute Gasteiger partial charge is 0.465 e. The van der Waals surface area contributed by atoms with Crippen molar-refractivity contribution in [1.29, 1.82) is 0 Å². The van der Waals surface area contributed by atoms with Crippen LogP contribution in [0.5, 0.6) is 0 Å². The van der Waals surface area contributed by atoms with Crippen molar-refractivity contribution in [2.45, 2.75) is 33.6 Å². The zero-order valence-corrected chi connectivity index (χ0v) is 12.7. The van der Waals surface area contributed by atoms with Gasteiger partial charge in [-0.2, -0.15) is 0 Å². The maximum atomic E-state index is 6.09. The van der Waals surface area contributed by atoms with Gasteiger partial charge >= 0.3 is 0 Å². The van der Waals surface area contributed by atoms with Gasteiger partial charge in [0.2, 0.25) is 0 Å². The average molecular weight is 294 g/mol. The van der Waals surface area contributed by atoms with Crippen LogP contribution in [0, 0.1) is 6.92 Å². The molecule has 20 heavy (non-hydrogen) atoms. The maximum Gasteiger partial charge on any atom is 0.118 e. The lowest BCUT2D eigenvalue weighted by atomic mass is 10.2. The third kappa shape index (κ3) is 4.10. The van der Waals surface area contributed by atoms with Crippen molar-refractivity contribution in [3.05, 3.63) is 58.0 Å². The van der Waals surface area contributed by atoms with Crippen molar-refractivity contribution in [1.82, 2.24) is 5.32 Å². The zero-order valence-electron chi connectivity index (χ0n) is 11.9. The Bertz CT molecular complexity index is 551. The third-order valence-corrected chi connectivity index (χ3v) is 3.46. The number of furan rings is 1. The van der Waals surface area contributed by atoms with Gasteiger partial charge in [0.25, 0.3) is 0 Å². The first-order valence-corrected chi connectivity index (χ1v) is 7.18. The molecule has 1 aromatic carbocycles. The van der Waals surface area contributed by atoms with E-state index in [0.717, 1.165) is 40.8 Å². The van der Waals surface area contributed by atoms with Gasteiger partial charge < -0.3 is 14.5 Å². The first-order valence-electron chi connectivity index (χ1n) is 6.80. The quantitative estimate of drug-likeness (QED) is 0.836. The van der Waals surface area contributed by atoms with Gasteiger partial charge in [-0.05, 0) is 31.2 Å². The molecule has 2 rings (SSSR count). The zero-order chi connectivity index (χ0) is 14.4. The molecule has 2 aromatic rings. The Labute approximate surface area is 124 Å². The van der Waals surface area contributed by atoms with Crippen LogP contribution < -0.4 is 5.32 Å². The number of benzene rings is 1. The van der Waals surface area contributed by atoms with Crippen molar-refractivity contribution in [2.75, 3.05) is 6.54 Å². The second-order valence-corrected chi connectivity index (χ2v) is 5.07. The fourth-order valence-electron chi connectivity index (χ4n) is 1.95. The fourth-order valence-corrected chi connectivity index (χ4v) is 2.14. The Balaban J connectivity index is 1.88. The highest BCUT2D eigenvalue weighted by atomic mass is 35.5. The molecule has 0 atom stereocenters. The molecule has 0 fully saturated rings. The SMILES string of the molecule is CCNCc1cc(COCc2ccccc2Cl)c(C)o1. The van der Waals surface area contributed by atoms with E-state index in [0.29, 0.717) is 13.2 Å². The summed E-state index contributed by atoms with van der Waals surface area (Å²) in [5, 5.41) is 3.98. The van der Waals surface area contributed by atoms with Gasteiger partial charge in [-0.3, -0.25) is 0 Å². The van der Waals surface area contributed by atoms with Gasteiger partial charge in [-0.15, -0.1) is 0 Å². The summed E-state index contributed by atoms with van der Waals surface area (Å²) in [7, 11) is 0. The fraction of sp³-hybridized carbons (Fsp3) is 0.375. The van der Waals surface area contributed by atoms with Crippen LogP contribution in [0.25, 0.3) is 0 Å². The molecular weight excluding hydrogens is 274 g/mol. The van der Waals surface area contributed by atoms with Crippen LogP contribution in [-0.2, 0) is 24.5 Å². The van der Waals surface area contributed by atoms with Crippen LogP contribution in [0.1, 0.15) is 29.6 Å². The lowest BCUT2D eigenvalue weighted by molar-refractivity contribution is 0.106. The van der Waals surface area contributed by atoms with Gasteiger partial charge in [0.15, 0.2) is 0 Å². The van der Waals surface area contributed by atoms with E-state index in [9.17, 15) is 0 Å². The molecule has 0 saturated heterocycles. The highest BCUT2D eigenvalue weighted by molar-refractivity contribution is 6.31. The van der Waals surface area contributed by atoms with Crippen LogP contribution in [0.3, 0.4) is 0 Å². The highest BCUT2D eigenvalue weighted by Gasteiger charge is 2.07. The molecule has 0 bridgehead atoms. The standard InChI is InChI=1S/C16H20ClNO2/c1-3-18-9-15-8-14(12(2)20-15)11-19-10-13-6-4-5-7-16(13)17/h4-8,18H,3,9-11H2,1-2H3. The smallest absolute Gasteiger partial charge is 0.118 e. The summed E-state index contributed by atoms with van der Waals surface area (Å²) < 4.78 is 11.4. The summed E-state index contributed by atoms with van der Waals surface area (Å²) in [4.78, 5) is 0. The van der Waals surface area contributed by atoms with E-state index in [4.69, 9.17) is 20.8 Å². The number of hydrogen-bond donors (Lipinski definition) is 1. The van der Waals surface area contributed by atoms with Crippen molar-refractivity contribution < 1.29 is 9.15 Å². The lowest BCUT2D eigenvalue weighted by Crippen LogP contribution is -2.10. The molecule has 0 aliphatic carbocycles. The predicted octanol–water partition coefficient (Wildman–Crippen LogP) is 4.07. The molecule has 1 N–H and O–H groups in total. The molecule has 0 aliphatic heterocycles. The van der Waals surface area contributed by atoms with Crippen LogP contribution in [0.4, 0.5) is 0 Å². The van der Waals surface area contributed by atoms with Gasteiger partial charge in [-0.1, -0.05) is 36.7 Å². The Hall–Kier alpha value is -1.29. The topological polar surface area (TPSA) is 34.4 Å². The normalized spacial score (nSPS) is 10.9. The molecule has 0 radical (unpaired) electrons. The lowest BCUT2D eigenvalue weighted by Gasteiger charge is -2.05. The Kier molecular flexibility index (Phi) is 5.65. The summed E-state index contributed by atoms with van der Waals surface area (Å²) in [6.45, 7) is 6.76. The van der Waals surface area contributed by atoms with Gasteiger partial charge in [0.1, 0.15) is 11.5 Å². The van der Waals surface area contributed by atoms with Gasteiger partial charge in [0, 0.05) is 10.6 Å². The molecule has 0 aliphatic rings. The minimum absolute atomic E-state index is 0.507. The molecule has 1 aromatic heterocycles. The number of hydrogen-bond acceptors (Lipinski definition) is 3. The van der Waals surface area contributed by atoms with E-state index >= 15 is 0 Å². The van der Waals surface area contributed by atoms with Crippen LogP contribution in [-0.4, -0.2) is 6.54 Å². The second-order valence-electron chi connectivity index (χ2n) is 4.66. The van der Waals surface area contributed by atoms with E-state index in [-0.39, 0.29) is 0 Å². The van der Waals surface area contributed by atoms with E-state index in [2.05, 4.69) is 12.2 Å². The van der Waals surface area contributed by atoms with Gasteiger partial charge in [0.05, 0.1) is 19.8 Å². The van der Waals surface area contributed by atoms with Crippen LogP contribution >= 0.6 is 11.6 Å². The Morgan fingerprint density at radius 3 is 2.70 bits per heavy atom. The summed E-state index contributed by atoms with van der Waals surface area (Å²) >= 11 is 6.09. The average Bonchev–Trinajstić information content (AvgIpc) is 2.79. The summed E-state index contributed by atoms with van der Waals surface area (Å²) in [6, 6.07) is 9.77.